The summed E-state index contributed by atoms with van der Waals surface area (Å²) in [6.45, 7) is 3.16. The number of pyridine rings is 1. The Kier molecular flexibility index (Phi) is 3.67. The van der Waals surface area contributed by atoms with E-state index in [1.807, 2.05) is 6.20 Å². The molecular formula is C11H14Br2N2. The summed E-state index contributed by atoms with van der Waals surface area (Å²) >= 11 is 6.95. The molecule has 2 rings (SSSR count). The smallest absolute Gasteiger partial charge is 0.131 e. The van der Waals surface area contributed by atoms with Gasteiger partial charge in [0.1, 0.15) is 5.82 Å². The van der Waals surface area contributed by atoms with E-state index < -0.39 is 0 Å². The zero-order valence-electron chi connectivity index (χ0n) is 8.71. The summed E-state index contributed by atoms with van der Waals surface area (Å²) in [7, 11) is 0. The second kappa shape index (κ2) is 4.83. The molecule has 0 saturated heterocycles. The summed E-state index contributed by atoms with van der Waals surface area (Å²) in [5.41, 5.74) is 1.25. The average Bonchev–Trinajstić information content (AvgIpc) is 2.98. The molecule has 15 heavy (non-hydrogen) atoms. The van der Waals surface area contributed by atoms with Crippen LogP contribution in [-0.2, 0) is 0 Å². The Balaban J connectivity index is 2.24. The molecule has 1 fully saturated rings. The maximum absolute atomic E-state index is 4.52. The van der Waals surface area contributed by atoms with Gasteiger partial charge in [-0.1, -0.05) is 15.9 Å². The Bertz CT molecular complexity index is 350. The number of aryl methyl sites for hydroxylation is 1. The van der Waals surface area contributed by atoms with Crippen molar-refractivity contribution in [2.45, 2.75) is 25.8 Å². The van der Waals surface area contributed by atoms with Gasteiger partial charge in [-0.15, -0.1) is 0 Å². The van der Waals surface area contributed by atoms with Gasteiger partial charge in [0.15, 0.2) is 0 Å². The van der Waals surface area contributed by atoms with E-state index in [4.69, 9.17) is 0 Å². The molecular weight excluding hydrogens is 320 g/mol. The Labute approximate surface area is 107 Å². The van der Waals surface area contributed by atoms with Crippen LogP contribution in [0.2, 0.25) is 0 Å². The van der Waals surface area contributed by atoms with Crippen molar-refractivity contribution in [1.82, 2.24) is 4.98 Å². The third-order valence-electron chi connectivity index (χ3n) is 2.60. The summed E-state index contributed by atoms with van der Waals surface area (Å²) in [5, 5.41) is 1.00. The van der Waals surface area contributed by atoms with Crippen LogP contribution >= 0.6 is 31.9 Å². The fourth-order valence-electron chi connectivity index (χ4n) is 1.77. The molecule has 1 heterocycles. The number of rotatable bonds is 4. The lowest BCUT2D eigenvalue weighted by Crippen LogP contribution is -2.29. The summed E-state index contributed by atoms with van der Waals surface area (Å²) in [5.74, 6) is 1.14. The molecule has 2 nitrogen and oxygen atoms in total. The van der Waals surface area contributed by atoms with Crippen LogP contribution < -0.4 is 4.90 Å². The lowest BCUT2D eigenvalue weighted by Gasteiger charge is -2.24. The SMILES string of the molecule is Cc1cc(Br)cnc1N(CCBr)C1CC1. The maximum atomic E-state index is 4.52. The minimum atomic E-state index is 0.718. The first-order valence-corrected chi connectivity index (χ1v) is 7.08. The van der Waals surface area contributed by atoms with E-state index in [9.17, 15) is 0 Å². The van der Waals surface area contributed by atoms with Gasteiger partial charge < -0.3 is 4.90 Å². The molecule has 0 radical (unpaired) electrons. The molecule has 0 spiro atoms. The van der Waals surface area contributed by atoms with Crippen molar-refractivity contribution in [3.8, 4) is 0 Å². The molecule has 1 aliphatic carbocycles. The summed E-state index contributed by atoms with van der Waals surface area (Å²) in [6, 6.07) is 2.85. The van der Waals surface area contributed by atoms with Crippen molar-refractivity contribution in [1.29, 1.82) is 0 Å². The molecule has 1 aromatic rings. The molecule has 1 saturated carbocycles. The van der Waals surface area contributed by atoms with Gasteiger partial charge >= 0.3 is 0 Å². The van der Waals surface area contributed by atoms with Gasteiger partial charge in [0.25, 0.3) is 0 Å². The van der Waals surface area contributed by atoms with Crippen molar-refractivity contribution in [2.24, 2.45) is 0 Å². The van der Waals surface area contributed by atoms with Crippen molar-refractivity contribution in [3.05, 3.63) is 22.3 Å². The zero-order chi connectivity index (χ0) is 10.8. The number of hydrogen-bond donors (Lipinski definition) is 0. The monoisotopic (exact) mass is 332 g/mol. The second-order valence-electron chi connectivity index (χ2n) is 3.91. The number of nitrogens with zero attached hydrogens (tertiary/aromatic N) is 2. The van der Waals surface area contributed by atoms with Crippen LogP contribution in [0.4, 0.5) is 5.82 Å². The molecule has 0 N–H and O–H groups in total. The van der Waals surface area contributed by atoms with Gasteiger partial charge in [-0.25, -0.2) is 4.98 Å². The number of hydrogen-bond acceptors (Lipinski definition) is 2. The highest BCUT2D eigenvalue weighted by molar-refractivity contribution is 9.10. The molecule has 82 valence electrons. The Hall–Kier alpha value is -0.0900. The fraction of sp³-hybridized carbons (Fsp3) is 0.545. The minimum Gasteiger partial charge on any atom is -0.353 e. The van der Waals surface area contributed by atoms with Gasteiger partial charge in [0.05, 0.1) is 0 Å². The normalized spacial score (nSPS) is 15.4. The van der Waals surface area contributed by atoms with Crippen LogP contribution in [-0.4, -0.2) is 22.9 Å². The molecule has 0 bridgehead atoms. The lowest BCUT2D eigenvalue weighted by atomic mass is 10.2. The topological polar surface area (TPSA) is 16.1 Å². The molecule has 0 atom stereocenters. The maximum Gasteiger partial charge on any atom is 0.131 e. The van der Waals surface area contributed by atoms with E-state index in [1.54, 1.807) is 0 Å². The van der Waals surface area contributed by atoms with Crippen LogP contribution in [0.1, 0.15) is 18.4 Å². The van der Waals surface area contributed by atoms with Crippen LogP contribution in [0, 0.1) is 6.92 Å². The molecule has 0 aromatic carbocycles. The molecule has 4 heteroatoms. The number of alkyl halides is 1. The molecule has 1 aliphatic rings. The Morgan fingerprint density at radius 2 is 2.27 bits per heavy atom. The van der Waals surface area contributed by atoms with Gasteiger partial charge in [-0.3, -0.25) is 0 Å². The van der Waals surface area contributed by atoms with Gasteiger partial charge in [-0.05, 0) is 47.3 Å². The van der Waals surface area contributed by atoms with E-state index >= 15 is 0 Å². The van der Waals surface area contributed by atoms with E-state index in [2.05, 4.69) is 54.7 Å². The predicted molar refractivity (Wildman–Crippen MR) is 70.8 cm³/mol. The van der Waals surface area contributed by atoms with Gasteiger partial charge in [0, 0.05) is 28.6 Å². The Morgan fingerprint density at radius 1 is 1.53 bits per heavy atom. The summed E-state index contributed by atoms with van der Waals surface area (Å²) < 4.78 is 1.05. The van der Waals surface area contributed by atoms with Crippen LogP contribution in [0.15, 0.2) is 16.7 Å². The quantitative estimate of drug-likeness (QED) is 0.784. The molecule has 1 aromatic heterocycles. The van der Waals surface area contributed by atoms with E-state index in [-0.39, 0.29) is 0 Å². The highest BCUT2D eigenvalue weighted by atomic mass is 79.9. The van der Waals surface area contributed by atoms with E-state index in [1.165, 1.54) is 18.4 Å². The van der Waals surface area contributed by atoms with Crippen LogP contribution in [0.5, 0.6) is 0 Å². The zero-order valence-corrected chi connectivity index (χ0v) is 11.9. The summed E-state index contributed by atoms with van der Waals surface area (Å²) in [6.07, 6.45) is 4.50. The van der Waals surface area contributed by atoms with Crippen molar-refractivity contribution in [2.75, 3.05) is 16.8 Å². The Morgan fingerprint density at radius 3 is 2.80 bits per heavy atom. The molecule has 0 aliphatic heterocycles. The first kappa shape index (κ1) is 11.4. The largest absolute Gasteiger partial charge is 0.353 e. The number of aromatic nitrogens is 1. The lowest BCUT2D eigenvalue weighted by molar-refractivity contribution is 0.810. The average molecular weight is 334 g/mol. The fourth-order valence-corrected chi connectivity index (χ4v) is 2.60. The van der Waals surface area contributed by atoms with Crippen molar-refractivity contribution in [3.63, 3.8) is 0 Å². The molecule has 0 unspecified atom stereocenters. The van der Waals surface area contributed by atoms with E-state index in [0.717, 1.165) is 28.2 Å². The molecule has 0 amide bonds. The van der Waals surface area contributed by atoms with Crippen molar-refractivity contribution < 1.29 is 0 Å². The predicted octanol–water partition coefficient (Wildman–Crippen LogP) is 3.52. The first-order chi connectivity index (χ1) is 7.22. The number of halogens is 2. The van der Waals surface area contributed by atoms with Crippen LogP contribution in [0.25, 0.3) is 0 Å². The highest BCUT2D eigenvalue weighted by Crippen LogP contribution is 2.32. The highest BCUT2D eigenvalue weighted by Gasteiger charge is 2.30. The van der Waals surface area contributed by atoms with Gasteiger partial charge in [-0.2, -0.15) is 0 Å². The minimum absolute atomic E-state index is 0.718. The standard InChI is InChI=1S/C11H14Br2N2/c1-8-6-9(13)7-14-11(8)15(5-4-12)10-2-3-10/h6-7,10H,2-5H2,1H3. The van der Waals surface area contributed by atoms with Gasteiger partial charge in [0.2, 0.25) is 0 Å². The van der Waals surface area contributed by atoms with E-state index in [0.29, 0.717) is 0 Å². The first-order valence-electron chi connectivity index (χ1n) is 5.17. The van der Waals surface area contributed by atoms with Crippen LogP contribution in [0.3, 0.4) is 0 Å². The third kappa shape index (κ3) is 2.72. The summed E-state index contributed by atoms with van der Waals surface area (Å²) in [4.78, 5) is 6.93. The van der Waals surface area contributed by atoms with Crippen molar-refractivity contribution >= 4 is 37.7 Å². The number of anilines is 1. The second-order valence-corrected chi connectivity index (χ2v) is 5.62. The third-order valence-corrected chi connectivity index (χ3v) is 3.39.